The zero-order valence-electron chi connectivity index (χ0n) is 37.6. The number of hydrogen-bond acceptors (Lipinski definition) is 4. The van der Waals surface area contributed by atoms with Gasteiger partial charge in [0.1, 0.15) is 5.75 Å². The molecule has 0 radical (unpaired) electrons. The van der Waals surface area contributed by atoms with Gasteiger partial charge < -0.3 is 20.4 Å². The third kappa shape index (κ3) is 17.6. The lowest BCUT2D eigenvalue weighted by atomic mass is 9.91. The van der Waals surface area contributed by atoms with Gasteiger partial charge in [0.15, 0.2) is 0 Å². The van der Waals surface area contributed by atoms with Crippen molar-refractivity contribution in [3.8, 4) is 5.75 Å². The highest BCUT2D eigenvalue weighted by molar-refractivity contribution is 5.28. The predicted octanol–water partition coefficient (Wildman–Crippen LogP) is 14.2. The van der Waals surface area contributed by atoms with Crippen molar-refractivity contribution in [2.45, 2.75) is 146 Å². The summed E-state index contributed by atoms with van der Waals surface area (Å²) in [7, 11) is 0. The highest BCUT2D eigenvalue weighted by atomic mass is 19.4. The van der Waals surface area contributed by atoms with E-state index in [0.29, 0.717) is 18.6 Å². The highest BCUT2D eigenvalue weighted by Gasteiger charge is 2.72. The second kappa shape index (κ2) is 24.4. The molecule has 0 atom stereocenters. The van der Waals surface area contributed by atoms with Gasteiger partial charge >= 0.3 is 37.1 Å². The number of hydrogen-bond donors (Lipinski definition) is 4. The first-order chi connectivity index (χ1) is 31.2. The van der Waals surface area contributed by atoms with Gasteiger partial charge in [0.25, 0.3) is 16.8 Å². The van der Waals surface area contributed by atoms with Crippen LogP contribution in [-0.2, 0) is 38.5 Å². The lowest BCUT2D eigenvalue weighted by molar-refractivity contribution is -0.368. The molecular formula is C47H52F18O4. The number of aromatic hydroxyl groups is 1. The molecule has 4 aromatic rings. The second-order valence-electron chi connectivity index (χ2n) is 16.1. The standard InChI is InChI=1S/2C13H14F6O.C12H12F6O.C9H12O/c1-8(2)10-5-3-9(4-6-10)7-11(20,12(14,15)16)13(17,18)19;1-2-3-9-4-6-10(7-5-9)8-11(20,12(14,15)16)13(17,18)19;1-2-8-3-5-9(6-4-8)7-10(19,11(13,14)15)12(16,17)18;1-2-3-8-4-6-9(10)7-5-8/h3-6,8,20H,7H2,1-2H3;4-7,20H,2-3,8H2,1H3;3-6,19H,2,7H2,1H3;4-7,10H,2-3H2,1H3. The molecule has 0 heterocycles. The molecule has 0 aliphatic rings. The predicted molar refractivity (Wildman–Crippen MR) is 221 cm³/mol. The molecular weight excluding hydrogens is 970 g/mol. The molecule has 0 amide bonds. The normalized spacial score (nSPS) is 13.1. The third-order valence-corrected chi connectivity index (χ3v) is 10.3. The summed E-state index contributed by atoms with van der Waals surface area (Å²) in [6.07, 6.45) is -35.0. The summed E-state index contributed by atoms with van der Waals surface area (Å²) in [5.74, 6) is 0.452. The summed E-state index contributed by atoms with van der Waals surface area (Å²) < 4.78 is 225. The molecule has 0 aliphatic carbocycles. The number of alkyl halides is 18. The van der Waals surface area contributed by atoms with Crippen molar-refractivity contribution >= 4 is 0 Å². The highest BCUT2D eigenvalue weighted by Crippen LogP contribution is 2.47. The number of aliphatic hydroxyl groups is 3. The Hall–Kier alpha value is -4.70. The third-order valence-electron chi connectivity index (χ3n) is 10.3. The van der Waals surface area contributed by atoms with Crippen LogP contribution in [0.2, 0.25) is 0 Å². The Bertz CT molecular complexity index is 2040. The van der Waals surface area contributed by atoms with E-state index in [2.05, 4.69) is 6.92 Å². The van der Waals surface area contributed by atoms with E-state index in [1.165, 1.54) is 54.1 Å². The number of benzene rings is 4. The van der Waals surface area contributed by atoms with E-state index in [-0.39, 0.29) is 22.6 Å². The SMILES string of the molecule is CC(C)c1ccc(CC(O)(C(F)(F)F)C(F)(F)F)cc1.CCCc1ccc(CC(O)(C(F)(F)F)C(F)(F)F)cc1.CCCc1ccc(O)cc1.CCc1ccc(CC(O)(C(F)(F)F)C(F)(F)F)cc1. The van der Waals surface area contributed by atoms with E-state index in [1.54, 1.807) is 19.1 Å². The van der Waals surface area contributed by atoms with Crippen molar-refractivity contribution in [3.63, 3.8) is 0 Å². The van der Waals surface area contributed by atoms with Crippen LogP contribution in [0, 0.1) is 0 Å². The van der Waals surface area contributed by atoms with Crippen molar-refractivity contribution in [3.05, 3.63) is 136 Å². The Labute approximate surface area is 386 Å². The molecule has 0 aromatic heterocycles. The zero-order valence-corrected chi connectivity index (χ0v) is 37.6. The Kier molecular flexibility index (Phi) is 22.1. The fraction of sp³-hybridized carbons (Fsp3) is 0.489. The molecule has 0 saturated carbocycles. The molecule has 0 aliphatic heterocycles. The van der Waals surface area contributed by atoms with Gasteiger partial charge in [0.05, 0.1) is 0 Å². The van der Waals surface area contributed by atoms with Crippen molar-refractivity contribution in [2.24, 2.45) is 0 Å². The van der Waals surface area contributed by atoms with Crippen molar-refractivity contribution < 1.29 is 99.5 Å². The Morgan fingerprint density at radius 2 is 0.565 bits per heavy atom. The Morgan fingerprint density at radius 3 is 0.783 bits per heavy atom. The first kappa shape index (κ1) is 62.3. The van der Waals surface area contributed by atoms with Crippen LogP contribution in [0.15, 0.2) is 97.1 Å². The van der Waals surface area contributed by atoms with Crippen molar-refractivity contribution in [1.29, 1.82) is 0 Å². The number of aryl methyl sites for hydroxylation is 3. The van der Waals surface area contributed by atoms with Gasteiger partial charge in [-0.15, -0.1) is 0 Å². The van der Waals surface area contributed by atoms with Crippen LogP contribution in [0.5, 0.6) is 5.75 Å². The van der Waals surface area contributed by atoms with Crippen LogP contribution in [0.3, 0.4) is 0 Å². The maximum Gasteiger partial charge on any atom is 0.426 e. The molecule has 4 nitrogen and oxygen atoms in total. The summed E-state index contributed by atoms with van der Waals surface area (Å²) >= 11 is 0. The largest absolute Gasteiger partial charge is 0.508 e. The maximum absolute atomic E-state index is 12.5. The van der Waals surface area contributed by atoms with Gasteiger partial charge in [-0.3, -0.25) is 0 Å². The summed E-state index contributed by atoms with van der Waals surface area (Å²) in [6.45, 7) is 9.54. The molecule has 390 valence electrons. The van der Waals surface area contributed by atoms with Crippen LogP contribution < -0.4 is 0 Å². The van der Waals surface area contributed by atoms with E-state index >= 15 is 0 Å². The molecule has 22 heteroatoms. The first-order valence-corrected chi connectivity index (χ1v) is 20.8. The minimum atomic E-state index is -5.79. The lowest BCUT2D eigenvalue weighted by Gasteiger charge is -2.32. The molecule has 4 aromatic carbocycles. The number of halogens is 18. The van der Waals surface area contributed by atoms with E-state index in [4.69, 9.17) is 20.4 Å². The van der Waals surface area contributed by atoms with Crippen LogP contribution in [0.25, 0.3) is 0 Å². The average molecular weight is 1020 g/mol. The first-order valence-electron chi connectivity index (χ1n) is 20.8. The number of rotatable bonds is 12. The van der Waals surface area contributed by atoms with E-state index in [0.717, 1.165) is 60.2 Å². The van der Waals surface area contributed by atoms with E-state index < -0.39 is 73.1 Å². The molecule has 0 unspecified atom stereocenters. The Morgan fingerprint density at radius 1 is 0.348 bits per heavy atom. The Balaban J connectivity index is 0.000000471. The molecule has 4 rings (SSSR count). The van der Waals surface area contributed by atoms with Gasteiger partial charge in [0, 0.05) is 19.3 Å². The molecule has 0 saturated heterocycles. The maximum atomic E-state index is 12.5. The quantitative estimate of drug-likeness (QED) is 0.107. The van der Waals surface area contributed by atoms with Crippen LogP contribution >= 0.6 is 0 Å². The summed E-state index contributed by atoms with van der Waals surface area (Å²) in [4.78, 5) is 0. The average Bonchev–Trinajstić information content (AvgIpc) is 3.21. The topological polar surface area (TPSA) is 80.9 Å². The van der Waals surface area contributed by atoms with Crippen molar-refractivity contribution in [1.82, 2.24) is 0 Å². The minimum absolute atomic E-state index is 0.105. The smallest absolute Gasteiger partial charge is 0.426 e. The zero-order chi connectivity index (χ0) is 53.7. The summed E-state index contributed by atoms with van der Waals surface area (Å²) in [5, 5.41) is 36.1. The monoisotopic (exact) mass is 1020 g/mol. The van der Waals surface area contributed by atoms with E-state index in [9.17, 15) is 79.0 Å². The number of phenolic OH excluding ortho intramolecular Hbond substituents is 1. The van der Waals surface area contributed by atoms with Gasteiger partial charge in [0.2, 0.25) is 0 Å². The molecule has 0 spiro atoms. The lowest BCUT2D eigenvalue weighted by Crippen LogP contribution is -2.58. The fourth-order valence-electron chi connectivity index (χ4n) is 5.95. The molecule has 69 heavy (non-hydrogen) atoms. The molecule has 0 bridgehead atoms. The van der Waals surface area contributed by atoms with Crippen LogP contribution in [-0.4, -0.2) is 74.3 Å². The fourth-order valence-corrected chi connectivity index (χ4v) is 5.95. The van der Waals surface area contributed by atoms with Crippen LogP contribution in [0.4, 0.5) is 79.0 Å². The van der Waals surface area contributed by atoms with Gasteiger partial charge in [-0.25, -0.2) is 0 Å². The van der Waals surface area contributed by atoms with Gasteiger partial charge in [-0.05, 0) is 76.3 Å². The van der Waals surface area contributed by atoms with Crippen LogP contribution in [0.1, 0.15) is 92.3 Å². The second-order valence-corrected chi connectivity index (χ2v) is 16.1. The minimum Gasteiger partial charge on any atom is -0.508 e. The van der Waals surface area contributed by atoms with Crippen molar-refractivity contribution in [2.75, 3.05) is 0 Å². The summed E-state index contributed by atoms with van der Waals surface area (Å²) in [5.41, 5.74) is -11.2. The van der Waals surface area contributed by atoms with E-state index in [1.807, 2.05) is 32.9 Å². The molecule has 4 N–H and O–H groups in total. The molecule has 0 fully saturated rings. The van der Waals surface area contributed by atoms with Gasteiger partial charge in [-0.2, -0.15) is 79.0 Å². The van der Waals surface area contributed by atoms with Gasteiger partial charge in [-0.1, -0.05) is 132 Å². The summed E-state index contributed by atoms with van der Waals surface area (Å²) in [6, 6.07) is 23.1. The number of phenols is 1.